The van der Waals surface area contributed by atoms with E-state index >= 15 is 0 Å². The molecule has 0 radical (unpaired) electrons. The van der Waals surface area contributed by atoms with Crippen LogP contribution in [-0.2, 0) is 0 Å². The summed E-state index contributed by atoms with van der Waals surface area (Å²) in [4.78, 5) is 0. The van der Waals surface area contributed by atoms with Crippen LogP contribution in [0.2, 0.25) is 0 Å². The van der Waals surface area contributed by atoms with Crippen LogP contribution in [0.15, 0.2) is 0 Å². The predicted molar refractivity (Wildman–Crippen MR) is 71.6 cm³/mol. The molecule has 5 unspecified atom stereocenters. The lowest BCUT2D eigenvalue weighted by Gasteiger charge is -2.52. The third-order valence-corrected chi connectivity index (χ3v) is 5.73. The molecule has 0 aliphatic heterocycles. The van der Waals surface area contributed by atoms with E-state index in [1.165, 1.54) is 12.8 Å². The number of nitrogens with two attached hydrogens (primary N) is 1. The van der Waals surface area contributed by atoms with Crippen molar-refractivity contribution in [3.8, 4) is 0 Å². The molecule has 0 heterocycles. The van der Waals surface area contributed by atoms with Crippen molar-refractivity contribution in [2.75, 3.05) is 6.54 Å². The Balaban J connectivity index is 2.27. The highest BCUT2D eigenvalue weighted by Gasteiger charge is 2.56. The molecule has 3 N–H and O–H groups in total. The summed E-state index contributed by atoms with van der Waals surface area (Å²) in [6, 6.07) is 0. The lowest BCUT2D eigenvalue weighted by molar-refractivity contribution is -0.149. The van der Waals surface area contributed by atoms with Crippen molar-refractivity contribution in [1.29, 1.82) is 0 Å². The Morgan fingerprint density at radius 1 is 1.06 bits per heavy atom. The van der Waals surface area contributed by atoms with E-state index < -0.39 is 5.60 Å². The lowest BCUT2D eigenvalue weighted by Crippen LogP contribution is -2.57. The number of hydrogen-bond donors (Lipinski definition) is 2. The van der Waals surface area contributed by atoms with Gasteiger partial charge in [0, 0.05) is 12.0 Å². The standard InChI is InChI=1S/C15H29NO/c1-11-4-5-13(3)15(17,9-11)14(10-16)7-6-12(2)8-14/h11-13,17H,4-10,16H2,1-3H3. The fourth-order valence-corrected chi connectivity index (χ4v) is 4.50. The highest BCUT2D eigenvalue weighted by Crippen LogP contribution is 2.56. The molecule has 0 amide bonds. The molecular weight excluding hydrogens is 210 g/mol. The molecule has 0 bridgehead atoms. The molecule has 2 rings (SSSR count). The second kappa shape index (κ2) is 4.55. The third kappa shape index (κ3) is 2.04. The van der Waals surface area contributed by atoms with Crippen molar-refractivity contribution < 1.29 is 5.11 Å². The van der Waals surface area contributed by atoms with Crippen LogP contribution in [-0.4, -0.2) is 17.3 Å². The van der Waals surface area contributed by atoms with Crippen LogP contribution in [0.25, 0.3) is 0 Å². The average molecular weight is 239 g/mol. The van der Waals surface area contributed by atoms with Gasteiger partial charge in [0.2, 0.25) is 0 Å². The van der Waals surface area contributed by atoms with Crippen LogP contribution in [0.5, 0.6) is 0 Å². The summed E-state index contributed by atoms with van der Waals surface area (Å²) in [5, 5.41) is 11.3. The molecular formula is C15H29NO. The van der Waals surface area contributed by atoms with E-state index in [0.29, 0.717) is 18.4 Å². The zero-order valence-corrected chi connectivity index (χ0v) is 11.7. The van der Waals surface area contributed by atoms with E-state index in [1.807, 2.05) is 0 Å². The Morgan fingerprint density at radius 2 is 1.71 bits per heavy atom. The first kappa shape index (κ1) is 13.4. The summed E-state index contributed by atoms with van der Waals surface area (Å²) < 4.78 is 0. The monoisotopic (exact) mass is 239 g/mol. The molecule has 2 saturated carbocycles. The van der Waals surface area contributed by atoms with E-state index in [0.717, 1.165) is 31.6 Å². The zero-order chi connectivity index (χ0) is 12.7. The summed E-state index contributed by atoms with van der Waals surface area (Å²) in [7, 11) is 0. The lowest BCUT2D eigenvalue weighted by atomic mass is 9.57. The fourth-order valence-electron chi connectivity index (χ4n) is 4.50. The molecule has 0 aromatic rings. The third-order valence-electron chi connectivity index (χ3n) is 5.73. The molecule has 2 heteroatoms. The summed E-state index contributed by atoms with van der Waals surface area (Å²) in [5.74, 6) is 1.79. The Labute approximate surface area is 106 Å². The minimum absolute atomic E-state index is 0.000509. The van der Waals surface area contributed by atoms with Crippen molar-refractivity contribution in [3.63, 3.8) is 0 Å². The molecule has 2 aliphatic carbocycles. The summed E-state index contributed by atoms with van der Waals surface area (Å²) in [5.41, 5.74) is 5.59. The van der Waals surface area contributed by atoms with Crippen LogP contribution in [0, 0.1) is 23.2 Å². The minimum atomic E-state index is -0.510. The zero-order valence-electron chi connectivity index (χ0n) is 11.7. The van der Waals surface area contributed by atoms with Crippen molar-refractivity contribution >= 4 is 0 Å². The highest BCUT2D eigenvalue weighted by molar-refractivity contribution is 5.07. The number of aliphatic hydroxyl groups is 1. The molecule has 0 aromatic heterocycles. The summed E-state index contributed by atoms with van der Waals surface area (Å²) in [6.45, 7) is 7.47. The van der Waals surface area contributed by atoms with Gasteiger partial charge in [-0.25, -0.2) is 0 Å². The normalized spacial score (nSPS) is 51.7. The SMILES string of the molecule is CC1CCC(CN)(C2(O)CC(C)CCC2C)C1. The molecule has 2 fully saturated rings. The van der Waals surface area contributed by atoms with Crippen LogP contribution in [0.4, 0.5) is 0 Å². The molecule has 0 spiro atoms. The molecule has 5 atom stereocenters. The van der Waals surface area contributed by atoms with E-state index in [-0.39, 0.29) is 5.41 Å². The molecule has 0 aromatic carbocycles. The van der Waals surface area contributed by atoms with Crippen LogP contribution in [0.1, 0.15) is 59.3 Å². The number of hydrogen-bond acceptors (Lipinski definition) is 2. The van der Waals surface area contributed by atoms with Gasteiger partial charge in [-0.2, -0.15) is 0 Å². The van der Waals surface area contributed by atoms with Gasteiger partial charge in [-0.05, 0) is 43.4 Å². The van der Waals surface area contributed by atoms with Crippen LogP contribution >= 0.6 is 0 Å². The van der Waals surface area contributed by atoms with Gasteiger partial charge in [0.25, 0.3) is 0 Å². The molecule has 2 aliphatic rings. The van der Waals surface area contributed by atoms with Gasteiger partial charge >= 0.3 is 0 Å². The molecule has 100 valence electrons. The summed E-state index contributed by atoms with van der Waals surface area (Å²) >= 11 is 0. The van der Waals surface area contributed by atoms with Crippen molar-refractivity contribution in [3.05, 3.63) is 0 Å². The maximum absolute atomic E-state index is 11.3. The van der Waals surface area contributed by atoms with Gasteiger partial charge in [-0.15, -0.1) is 0 Å². The van der Waals surface area contributed by atoms with E-state index in [4.69, 9.17) is 5.73 Å². The van der Waals surface area contributed by atoms with E-state index in [2.05, 4.69) is 20.8 Å². The Hall–Kier alpha value is -0.0800. The van der Waals surface area contributed by atoms with Gasteiger partial charge in [-0.3, -0.25) is 0 Å². The minimum Gasteiger partial charge on any atom is -0.389 e. The van der Waals surface area contributed by atoms with Crippen LogP contribution in [0.3, 0.4) is 0 Å². The van der Waals surface area contributed by atoms with Gasteiger partial charge in [-0.1, -0.05) is 33.6 Å². The average Bonchev–Trinajstić information content (AvgIpc) is 2.67. The maximum atomic E-state index is 11.3. The largest absolute Gasteiger partial charge is 0.389 e. The van der Waals surface area contributed by atoms with Crippen molar-refractivity contribution in [2.24, 2.45) is 28.9 Å². The molecule has 2 nitrogen and oxygen atoms in total. The van der Waals surface area contributed by atoms with Gasteiger partial charge < -0.3 is 10.8 Å². The van der Waals surface area contributed by atoms with Gasteiger partial charge in [0.05, 0.1) is 5.60 Å². The molecule has 17 heavy (non-hydrogen) atoms. The van der Waals surface area contributed by atoms with Gasteiger partial charge in [0.15, 0.2) is 0 Å². The first-order valence-electron chi connectivity index (χ1n) is 7.36. The Morgan fingerprint density at radius 3 is 2.24 bits per heavy atom. The first-order chi connectivity index (χ1) is 7.93. The highest BCUT2D eigenvalue weighted by atomic mass is 16.3. The second-order valence-electron chi connectivity index (χ2n) is 7.04. The van der Waals surface area contributed by atoms with Crippen LogP contribution < -0.4 is 5.73 Å². The fraction of sp³-hybridized carbons (Fsp3) is 1.00. The summed E-state index contributed by atoms with van der Waals surface area (Å²) in [6.07, 6.45) is 6.86. The Kier molecular flexibility index (Phi) is 3.57. The van der Waals surface area contributed by atoms with Crippen molar-refractivity contribution in [2.45, 2.75) is 64.9 Å². The predicted octanol–water partition coefficient (Wildman–Crippen LogP) is 2.94. The van der Waals surface area contributed by atoms with Crippen molar-refractivity contribution in [1.82, 2.24) is 0 Å². The van der Waals surface area contributed by atoms with E-state index in [9.17, 15) is 5.11 Å². The number of rotatable bonds is 2. The van der Waals surface area contributed by atoms with Gasteiger partial charge in [0.1, 0.15) is 0 Å². The maximum Gasteiger partial charge on any atom is 0.0743 e. The topological polar surface area (TPSA) is 46.2 Å². The molecule has 0 saturated heterocycles. The smallest absolute Gasteiger partial charge is 0.0743 e. The second-order valence-corrected chi connectivity index (χ2v) is 7.04. The first-order valence-corrected chi connectivity index (χ1v) is 7.36. The van der Waals surface area contributed by atoms with E-state index in [1.54, 1.807) is 0 Å². The quantitative estimate of drug-likeness (QED) is 0.778. The Bertz CT molecular complexity index is 280.